The number of sulfone groups is 2. The molecule has 24 heteroatoms. The summed E-state index contributed by atoms with van der Waals surface area (Å²) < 4.78 is 159. The number of hydrogen-bond donors (Lipinski definition) is 3. The molecule has 6 aromatic rings. The Balaban J connectivity index is 0.987. The molecule has 1 atom stereocenters. The van der Waals surface area contributed by atoms with E-state index < -0.39 is 80.2 Å². The van der Waals surface area contributed by atoms with Crippen molar-refractivity contribution in [2.75, 3.05) is 77.7 Å². The van der Waals surface area contributed by atoms with Crippen LogP contribution >= 0.6 is 23.4 Å². The number of carboxylic acids is 1. The molecule has 5 aromatic carbocycles. The van der Waals surface area contributed by atoms with Gasteiger partial charge in [-0.3, -0.25) is 9.52 Å². The third-order valence-electron chi connectivity index (χ3n) is 13.9. The number of aliphatic carboxylic acids is 1. The molecule has 78 heavy (non-hydrogen) atoms. The van der Waals surface area contributed by atoms with Gasteiger partial charge in [0.1, 0.15) is 16.5 Å². The molecule has 1 aromatic heterocycles. The van der Waals surface area contributed by atoms with E-state index in [1.54, 1.807) is 55.5 Å². The number of piperidine rings is 1. The number of hydrogen-bond acceptors (Lipinski definition) is 12. The number of carboxylic acid groups (broad SMARTS) is 1. The van der Waals surface area contributed by atoms with Gasteiger partial charge < -0.3 is 29.7 Å². The standard InChI is InChI=1S/C54H58ClF5N6O8S4/c1-34(2)66-35(3)52(76(4,69)70)50(51(66)36-9-11-39(55)12-10-36)38-29-40(56)31-44(30-38)65-27-25-64(26-28-65)43-15-13-41(14-16-43)62-78(73,74)45-17-18-47(49(32-45)77(71,72)54(58,59)60)61-42(33-75-48-8-6-5-7-46(48)57)21-24-63-22-19-37(20-23-63)53(67)68/h5-18,29-32,34,37,42,61-62H,19-28,33H2,1-4H3,(H,67,68)/t42-/m1/s1. The zero-order valence-corrected chi connectivity index (χ0v) is 46.9. The first-order valence-electron chi connectivity index (χ1n) is 24.9. The van der Waals surface area contributed by atoms with Crippen molar-refractivity contribution in [3.05, 3.63) is 132 Å². The van der Waals surface area contributed by atoms with Crippen molar-refractivity contribution in [2.45, 2.75) is 77.2 Å². The highest BCUT2D eigenvalue weighted by Crippen LogP contribution is 2.45. The van der Waals surface area contributed by atoms with Crippen LogP contribution in [0.5, 0.6) is 0 Å². The number of sulfonamides is 1. The average molecular weight is 1180 g/mol. The summed E-state index contributed by atoms with van der Waals surface area (Å²) in [5.74, 6) is -2.44. The maximum atomic E-state index is 15.8. The number of rotatable bonds is 19. The van der Waals surface area contributed by atoms with Gasteiger partial charge in [0.15, 0.2) is 9.84 Å². The fourth-order valence-electron chi connectivity index (χ4n) is 10.1. The molecule has 2 aliphatic heterocycles. The van der Waals surface area contributed by atoms with Crippen molar-refractivity contribution in [1.82, 2.24) is 9.47 Å². The smallest absolute Gasteiger partial charge is 0.481 e. The van der Waals surface area contributed by atoms with Gasteiger partial charge in [0, 0.05) is 95.1 Å². The molecule has 3 N–H and O–H groups in total. The maximum Gasteiger partial charge on any atom is 0.501 e. The lowest BCUT2D eigenvalue weighted by Gasteiger charge is -2.37. The van der Waals surface area contributed by atoms with E-state index >= 15 is 4.39 Å². The summed E-state index contributed by atoms with van der Waals surface area (Å²) in [6, 6.07) is 25.0. The molecular weight excluding hydrogens is 1120 g/mol. The van der Waals surface area contributed by atoms with Gasteiger partial charge in [-0.15, -0.1) is 11.8 Å². The summed E-state index contributed by atoms with van der Waals surface area (Å²) in [4.78, 5) is 15.7. The van der Waals surface area contributed by atoms with Crippen LogP contribution in [0, 0.1) is 24.5 Å². The lowest BCUT2D eigenvalue weighted by Crippen LogP contribution is -2.46. The number of benzene rings is 5. The zero-order chi connectivity index (χ0) is 56.5. The summed E-state index contributed by atoms with van der Waals surface area (Å²) in [7, 11) is -14.7. The molecule has 2 fully saturated rings. The van der Waals surface area contributed by atoms with Gasteiger partial charge in [-0.05, 0) is 149 Å². The lowest BCUT2D eigenvalue weighted by atomic mass is 9.97. The highest BCUT2D eigenvalue weighted by molar-refractivity contribution is 7.99. The summed E-state index contributed by atoms with van der Waals surface area (Å²) in [6.07, 6.45) is 2.14. The first-order chi connectivity index (χ1) is 36.7. The molecule has 0 aliphatic carbocycles. The number of carbonyl (C=O) groups is 1. The molecule has 14 nitrogen and oxygen atoms in total. The van der Waals surface area contributed by atoms with Gasteiger partial charge in [0.05, 0.1) is 27.1 Å². The molecule has 0 amide bonds. The number of thioether (sulfide) groups is 1. The number of piperazine rings is 1. The fourth-order valence-corrected chi connectivity index (χ4v) is 14.5. The van der Waals surface area contributed by atoms with E-state index in [2.05, 4.69) is 10.0 Å². The quantitative estimate of drug-likeness (QED) is 0.0516. The number of alkyl halides is 3. The van der Waals surface area contributed by atoms with Gasteiger partial charge in [0.25, 0.3) is 19.9 Å². The van der Waals surface area contributed by atoms with Gasteiger partial charge in [-0.1, -0.05) is 35.9 Å². The molecule has 3 heterocycles. The Morgan fingerprint density at radius 1 is 0.795 bits per heavy atom. The fraction of sp³-hybridized carbons (Fsp3) is 0.352. The second kappa shape index (κ2) is 23.5. The largest absolute Gasteiger partial charge is 0.501 e. The molecule has 0 spiro atoms. The summed E-state index contributed by atoms with van der Waals surface area (Å²) in [5, 5.41) is 12.8. The Bertz CT molecular complexity index is 3520. The highest BCUT2D eigenvalue weighted by atomic mass is 35.5. The van der Waals surface area contributed by atoms with Crippen LogP contribution in [0.1, 0.15) is 44.8 Å². The minimum Gasteiger partial charge on any atom is -0.481 e. The molecule has 2 saturated heterocycles. The van der Waals surface area contributed by atoms with Crippen molar-refractivity contribution in [3.8, 4) is 22.4 Å². The van der Waals surface area contributed by atoms with E-state index in [-0.39, 0.29) is 33.7 Å². The van der Waals surface area contributed by atoms with Crippen molar-refractivity contribution in [1.29, 1.82) is 0 Å². The van der Waals surface area contributed by atoms with Gasteiger partial charge in [-0.2, -0.15) is 13.2 Å². The van der Waals surface area contributed by atoms with E-state index in [1.165, 1.54) is 42.5 Å². The number of nitrogens with zero attached hydrogens (tertiary/aromatic N) is 4. The third kappa shape index (κ3) is 13.1. The predicted octanol–water partition coefficient (Wildman–Crippen LogP) is 11.2. The number of aromatic nitrogens is 1. The van der Waals surface area contributed by atoms with Crippen molar-refractivity contribution in [2.24, 2.45) is 5.92 Å². The van der Waals surface area contributed by atoms with Crippen LogP contribution in [-0.2, 0) is 34.5 Å². The van der Waals surface area contributed by atoms with Gasteiger partial charge in [-0.25, -0.2) is 34.0 Å². The Hall–Kier alpha value is -5.85. The molecule has 0 saturated carbocycles. The Kier molecular flexibility index (Phi) is 17.5. The van der Waals surface area contributed by atoms with Crippen LogP contribution < -0.4 is 19.8 Å². The second-order valence-corrected chi connectivity index (χ2v) is 26.7. The normalized spacial score (nSPS) is 15.7. The number of halogens is 6. The number of likely N-dealkylation sites (tertiary alicyclic amines) is 1. The van der Waals surface area contributed by atoms with Crippen molar-refractivity contribution < 1.29 is 57.1 Å². The van der Waals surface area contributed by atoms with Crippen LogP contribution in [0.3, 0.4) is 0 Å². The Labute approximate surface area is 460 Å². The van der Waals surface area contributed by atoms with E-state index in [0.29, 0.717) is 109 Å². The Morgan fingerprint density at radius 3 is 2.01 bits per heavy atom. The van der Waals surface area contributed by atoms with E-state index in [1.807, 2.05) is 33.1 Å². The van der Waals surface area contributed by atoms with Crippen LogP contribution in [0.15, 0.2) is 129 Å². The molecule has 418 valence electrons. The van der Waals surface area contributed by atoms with E-state index in [4.69, 9.17) is 11.6 Å². The number of nitrogens with one attached hydrogen (secondary N) is 2. The van der Waals surface area contributed by atoms with E-state index in [9.17, 15) is 52.7 Å². The first-order valence-corrected chi connectivity index (χ1v) is 31.1. The summed E-state index contributed by atoms with van der Waals surface area (Å²) in [6.45, 7) is 8.57. The SMILES string of the molecule is Cc1c(S(C)(=O)=O)c(-c2cc(F)cc(N3CCN(c4ccc(NS(=O)(=O)c5ccc(N[C@H](CCN6CCC(C(=O)O)CC6)CSc6ccccc6F)c(S(=O)(=O)C(F)(F)F)c5)cc4)CC3)c2)c(-c2ccc(Cl)cc2)n1C(C)C. The van der Waals surface area contributed by atoms with Crippen LogP contribution in [0.2, 0.25) is 5.02 Å². The molecular formula is C54H58ClF5N6O8S4. The predicted molar refractivity (Wildman–Crippen MR) is 296 cm³/mol. The molecule has 8 rings (SSSR count). The average Bonchev–Trinajstić information content (AvgIpc) is 3.99. The van der Waals surface area contributed by atoms with Crippen molar-refractivity contribution in [3.63, 3.8) is 0 Å². The van der Waals surface area contributed by atoms with Crippen LogP contribution in [0.25, 0.3) is 22.4 Å². The monoisotopic (exact) mass is 1180 g/mol. The van der Waals surface area contributed by atoms with Gasteiger partial charge in [0.2, 0.25) is 0 Å². The topological polar surface area (TPSA) is 178 Å². The molecule has 0 bridgehead atoms. The molecule has 0 radical (unpaired) electrons. The van der Waals surface area contributed by atoms with E-state index in [0.717, 1.165) is 30.2 Å². The molecule has 0 unspecified atom stereocenters. The van der Waals surface area contributed by atoms with Crippen molar-refractivity contribution >= 4 is 81.8 Å². The van der Waals surface area contributed by atoms with Crippen LogP contribution in [-0.4, -0.2) is 115 Å². The summed E-state index contributed by atoms with van der Waals surface area (Å²) >= 11 is 7.30. The minimum atomic E-state index is -6.15. The Morgan fingerprint density at radius 2 is 1.42 bits per heavy atom. The lowest BCUT2D eigenvalue weighted by molar-refractivity contribution is -0.143. The zero-order valence-electron chi connectivity index (χ0n) is 42.9. The first kappa shape index (κ1) is 58.3. The summed E-state index contributed by atoms with van der Waals surface area (Å²) in [5.41, 5.74) is -2.51. The highest BCUT2D eigenvalue weighted by Gasteiger charge is 2.48. The van der Waals surface area contributed by atoms with Gasteiger partial charge >= 0.3 is 11.5 Å². The maximum absolute atomic E-state index is 15.8. The number of anilines is 4. The third-order valence-corrected chi connectivity index (χ3v) is 19.5. The minimum absolute atomic E-state index is 0.0256. The van der Waals surface area contributed by atoms with Crippen LogP contribution in [0.4, 0.5) is 44.7 Å². The second-order valence-electron chi connectivity index (χ2n) is 19.6. The molecule has 2 aliphatic rings.